The molecule has 3 aromatic rings. The molecular weight excluding hydrogens is 524 g/mol. The fourth-order valence-electron chi connectivity index (χ4n) is 4.65. The molecule has 1 amide bonds. The van der Waals surface area contributed by atoms with Crippen LogP contribution in [0.25, 0.3) is 5.95 Å². The highest BCUT2D eigenvalue weighted by Crippen LogP contribution is 2.32. The van der Waals surface area contributed by atoms with Gasteiger partial charge in [0.15, 0.2) is 11.5 Å². The lowest BCUT2D eigenvalue weighted by Crippen LogP contribution is -2.58. The number of benzene rings is 1. The normalized spacial score (nSPS) is 17.5. The van der Waals surface area contributed by atoms with Crippen molar-refractivity contribution in [2.24, 2.45) is 0 Å². The van der Waals surface area contributed by atoms with E-state index in [1.54, 1.807) is 23.3 Å². The lowest BCUT2D eigenvalue weighted by Gasteiger charge is -2.42. The van der Waals surface area contributed by atoms with Crippen molar-refractivity contribution in [3.8, 4) is 17.4 Å². The molecule has 2 aromatic heterocycles. The average molecular weight is 557 g/mol. The second-order valence-corrected chi connectivity index (χ2v) is 11.8. The van der Waals surface area contributed by atoms with Gasteiger partial charge in [-0.3, -0.25) is 9.36 Å². The Morgan fingerprint density at radius 3 is 2.74 bits per heavy atom. The summed E-state index contributed by atoms with van der Waals surface area (Å²) in [6.07, 6.45) is 5.74. The Hall–Kier alpha value is -3.75. The van der Waals surface area contributed by atoms with E-state index in [2.05, 4.69) is 15.3 Å². The number of ether oxygens (including phenoxy) is 2. The molecule has 1 fully saturated rings. The molecule has 0 bridgehead atoms. The maximum Gasteiger partial charge on any atom is 0.281 e. The molecule has 1 N–H and O–H groups in total. The molecule has 1 aromatic carbocycles. The van der Waals surface area contributed by atoms with Gasteiger partial charge in [-0.05, 0) is 31.0 Å². The van der Waals surface area contributed by atoms with Crippen molar-refractivity contribution < 1.29 is 22.7 Å². The molecule has 39 heavy (non-hydrogen) atoms. The topological polar surface area (TPSA) is 135 Å². The van der Waals surface area contributed by atoms with E-state index in [1.165, 1.54) is 22.7 Å². The molecule has 208 valence electrons. The zero-order valence-corrected chi connectivity index (χ0v) is 23.0. The van der Waals surface area contributed by atoms with E-state index in [0.717, 1.165) is 11.3 Å². The Kier molecular flexibility index (Phi) is 7.68. The molecule has 1 atom stereocenters. The molecule has 2 aliphatic rings. The number of amides is 1. The van der Waals surface area contributed by atoms with E-state index in [9.17, 15) is 13.2 Å². The van der Waals surface area contributed by atoms with Crippen molar-refractivity contribution in [3.05, 3.63) is 54.2 Å². The molecule has 4 heterocycles. The van der Waals surface area contributed by atoms with Crippen LogP contribution in [0.15, 0.2) is 43.0 Å². The van der Waals surface area contributed by atoms with Crippen molar-refractivity contribution in [2.75, 3.05) is 52.0 Å². The van der Waals surface area contributed by atoms with Gasteiger partial charge in [0.2, 0.25) is 18.6 Å². The fraction of sp³-hybridized carbons (Fsp3) is 0.440. The Labute approximate surface area is 227 Å². The van der Waals surface area contributed by atoms with Gasteiger partial charge in [-0.2, -0.15) is 22.0 Å². The summed E-state index contributed by atoms with van der Waals surface area (Å²) in [5.41, 5.74) is 1.77. The predicted molar refractivity (Wildman–Crippen MR) is 143 cm³/mol. The van der Waals surface area contributed by atoms with E-state index in [0.29, 0.717) is 42.8 Å². The van der Waals surface area contributed by atoms with Crippen LogP contribution < -0.4 is 19.7 Å². The van der Waals surface area contributed by atoms with Crippen molar-refractivity contribution in [3.63, 3.8) is 0 Å². The van der Waals surface area contributed by atoms with Gasteiger partial charge >= 0.3 is 0 Å². The number of imidazole rings is 1. The number of carbonyl (C=O) groups is 1. The Morgan fingerprint density at radius 2 is 1.97 bits per heavy atom. The van der Waals surface area contributed by atoms with Crippen LogP contribution in [0.4, 0.5) is 5.82 Å². The summed E-state index contributed by atoms with van der Waals surface area (Å²) < 4.78 is 40.9. The van der Waals surface area contributed by atoms with Crippen molar-refractivity contribution in [2.45, 2.75) is 25.8 Å². The Bertz CT molecular complexity index is 1430. The van der Waals surface area contributed by atoms with Crippen LogP contribution in [0.2, 0.25) is 0 Å². The van der Waals surface area contributed by atoms with Gasteiger partial charge in [0.25, 0.3) is 10.2 Å². The van der Waals surface area contributed by atoms with Gasteiger partial charge in [-0.25, -0.2) is 9.97 Å². The molecule has 14 heteroatoms. The highest BCUT2D eigenvalue weighted by atomic mass is 32.2. The quantitative estimate of drug-likeness (QED) is 0.405. The largest absolute Gasteiger partial charge is 0.454 e. The molecule has 1 saturated heterocycles. The van der Waals surface area contributed by atoms with Crippen LogP contribution in [0.1, 0.15) is 17.7 Å². The molecule has 5 rings (SSSR count). The first-order chi connectivity index (χ1) is 18.7. The first-order valence-corrected chi connectivity index (χ1v) is 14.0. The van der Waals surface area contributed by atoms with Crippen LogP contribution in [0.5, 0.6) is 11.5 Å². The first-order valence-electron chi connectivity index (χ1n) is 12.6. The zero-order chi connectivity index (χ0) is 27.6. The number of anilines is 1. The number of rotatable bonds is 9. The van der Waals surface area contributed by atoms with Crippen LogP contribution in [-0.4, -0.2) is 95.6 Å². The van der Waals surface area contributed by atoms with E-state index in [1.807, 2.05) is 36.1 Å². The molecule has 0 spiro atoms. The SMILES string of the molecule is Cc1cc(N2CCN(S(=O)(=O)N(C)C)CC2CC(=O)NCCc2ccc3c(c2)OCO3)nc(-n2ccnc2)n1. The third-order valence-corrected chi connectivity index (χ3v) is 8.59. The van der Waals surface area contributed by atoms with Gasteiger partial charge in [0.05, 0.1) is 6.04 Å². The number of piperazine rings is 1. The highest BCUT2D eigenvalue weighted by Gasteiger charge is 2.36. The van der Waals surface area contributed by atoms with Crippen LogP contribution in [-0.2, 0) is 21.4 Å². The first kappa shape index (κ1) is 26.8. The number of aromatic nitrogens is 4. The van der Waals surface area contributed by atoms with Crippen molar-refractivity contribution >= 4 is 21.9 Å². The van der Waals surface area contributed by atoms with Crippen LogP contribution in [0, 0.1) is 6.92 Å². The van der Waals surface area contributed by atoms with Gasteiger partial charge in [0, 0.05) is 70.8 Å². The van der Waals surface area contributed by atoms with Gasteiger partial charge in [0.1, 0.15) is 12.1 Å². The summed E-state index contributed by atoms with van der Waals surface area (Å²) in [6, 6.07) is 7.14. The summed E-state index contributed by atoms with van der Waals surface area (Å²) >= 11 is 0. The maximum absolute atomic E-state index is 13.1. The molecule has 13 nitrogen and oxygen atoms in total. The van der Waals surface area contributed by atoms with E-state index in [4.69, 9.17) is 14.5 Å². The van der Waals surface area contributed by atoms with Crippen LogP contribution >= 0.6 is 0 Å². The van der Waals surface area contributed by atoms with E-state index in [-0.39, 0.29) is 32.2 Å². The van der Waals surface area contributed by atoms with E-state index < -0.39 is 16.3 Å². The Balaban J connectivity index is 1.31. The smallest absolute Gasteiger partial charge is 0.281 e. The number of aryl methyl sites for hydroxylation is 1. The fourth-order valence-corrected chi connectivity index (χ4v) is 5.78. The number of fused-ring (bicyclic) bond motifs is 1. The summed E-state index contributed by atoms with van der Waals surface area (Å²) in [5, 5.41) is 2.98. The number of nitrogens with zero attached hydrogens (tertiary/aromatic N) is 7. The standard InChI is InChI=1S/C25H32N8O5S/c1-18-12-23(29-25(28-18)31-9-8-26-16-31)33-11-10-32(39(35,36)30(2)3)15-20(33)14-24(34)27-7-6-19-4-5-21-22(13-19)38-17-37-21/h4-5,8-9,12-13,16,20H,6-7,10-11,14-15,17H2,1-3H3,(H,27,34). The monoisotopic (exact) mass is 556 g/mol. The number of carbonyl (C=O) groups excluding carboxylic acids is 1. The maximum atomic E-state index is 13.1. The summed E-state index contributed by atoms with van der Waals surface area (Å²) in [5.74, 6) is 2.34. The zero-order valence-electron chi connectivity index (χ0n) is 22.1. The lowest BCUT2D eigenvalue weighted by molar-refractivity contribution is -0.121. The molecular formula is C25H32N8O5S. The summed E-state index contributed by atoms with van der Waals surface area (Å²) in [4.78, 5) is 28.4. The van der Waals surface area contributed by atoms with Gasteiger partial charge < -0.3 is 19.7 Å². The second kappa shape index (κ2) is 11.2. The molecule has 0 saturated carbocycles. The van der Waals surface area contributed by atoms with Gasteiger partial charge in [-0.15, -0.1) is 0 Å². The Morgan fingerprint density at radius 1 is 1.15 bits per heavy atom. The minimum absolute atomic E-state index is 0.101. The minimum atomic E-state index is -3.64. The van der Waals surface area contributed by atoms with Crippen molar-refractivity contribution in [1.29, 1.82) is 0 Å². The second-order valence-electron chi connectivity index (χ2n) is 9.62. The number of hydrogen-bond acceptors (Lipinski definition) is 9. The predicted octanol–water partition coefficient (Wildman–Crippen LogP) is 0.745. The molecule has 0 aliphatic carbocycles. The molecule has 2 aliphatic heterocycles. The third-order valence-electron chi connectivity index (χ3n) is 6.69. The summed E-state index contributed by atoms with van der Waals surface area (Å²) in [6.45, 7) is 3.32. The average Bonchev–Trinajstić information content (AvgIpc) is 3.60. The van der Waals surface area contributed by atoms with Crippen molar-refractivity contribution in [1.82, 2.24) is 33.4 Å². The van der Waals surface area contributed by atoms with E-state index >= 15 is 0 Å². The highest BCUT2D eigenvalue weighted by molar-refractivity contribution is 7.86. The van der Waals surface area contributed by atoms with Gasteiger partial charge in [-0.1, -0.05) is 6.07 Å². The summed E-state index contributed by atoms with van der Waals surface area (Å²) in [7, 11) is -0.634. The number of hydrogen-bond donors (Lipinski definition) is 1. The number of nitrogens with one attached hydrogen (secondary N) is 1. The molecule has 0 radical (unpaired) electrons. The third kappa shape index (κ3) is 5.97. The lowest BCUT2D eigenvalue weighted by atomic mass is 10.1. The van der Waals surface area contributed by atoms with Crippen LogP contribution in [0.3, 0.4) is 0 Å². The minimum Gasteiger partial charge on any atom is -0.454 e. The molecule has 1 unspecified atom stereocenters.